The van der Waals surface area contributed by atoms with Crippen molar-refractivity contribution in [3.63, 3.8) is 0 Å². The summed E-state index contributed by atoms with van der Waals surface area (Å²) in [4.78, 5) is 24.3. The van der Waals surface area contributed by atoms with Crippen LogP contribution in [0.5, 0.6) is 0 Å². The second-order valence-electron chi connectivity index (χ2n) is 4.04. The van der Waals surface area contributed by atoms with Gasteiger partial charge in [0.05, 0.1) is 12.5 Å². The predicted molar refractivity (Wildman–Crippen MR) is 53.6 cm³/mol. The van der Waals surface area contributed by atoms with Gasteiger partial charge in [-0.3, -0.25) is 14.5 Å². The molecule has 1 aliphatic rings. The Morgan fingerprint density at radius 1 is 1.50 bits per heavy atom. The topological polar surface area (TPSA) is 49.4 Å². The van der Waals surface area contributed by atoms with E-state index in [0.29, 0.717) is 18.9 Å². The number of carbonyl (C=O) groups excluding carboxylic acids is 2. The van der Waals surface area contributed by atoms with E-state index in [1.165, 1.54) is 4.90 Å². The van der Waals surface area contributed by atoms with Gasteiger partial charge in [-0.15, -0.1) is 0 Å². The fraction of sp³-hybridized carbons (Fsp3) is 0.800. The molecule has 1 N–H and O–H groups in total. The molecule has 1 saturated heterocycles. The van der Waals surface area contributed by atoms with Crippen molar-refractivity contribution in [3.8, 4) is 0 Å². The number of likely N-dealkylation sites (tertiary alicyclic amines) is 1. The smallest absolute Gasteiger partial charge is 0.246 e. The summed E-state index contributed by atoms with van der Waals surface area (Å²) >= 11 is 0. The van der Waals surface area contributed by atoms with Crippen molar-refractivity contribution in [2.45, 2.75) is 33.2 Å². The highest BCUT2D eigenvalue weighted by atomic mass is 16.2. The maximum Gasteiger partial charge on any atom is 0.246 e. The summed E-state index contributed by atoms with van der Waals surface area (Å²) in [6.45, 7) is 7.23. The second-order valence-corrected chi connectivity index (χ2v) is 4.04. The number of hydrogen-bond donors (Lipinski definition) is 1. The van der Waals surface area contributed by atoms with Gasteiger partial charge in [-0.05, 0) is 19.4 Å². The minimum atomic E-state index is -0.287. The SMILES string of the molecule is CCN1C(=O)CC(NCC(C)C)C1=O. The molecule has 0 bridgehead atoms. The molecule has 0 aromatic rings. The third kappa shape index (κ3) is 2.32. The molecule has 1 rings (SSSR count). The Morgan fingerprint density at radius 2 is 2.14 bits per heavy atom. The molecular formula is C10H18N2O2. The Morgan fingerprint density at radius 3 is 2.57 bits per heavy atom. The number of carbonyl (C=O) groups is 2. The lowest BCUT2D eigenvalue weighted by molar-refractivity contribution is -0.138. The zero-order chi connectivity index (χ0) is 10.7. The van der Waals surface area contributed by atoms with Gasteiger partial charge in [0.25, 0.3) is 0 Å². The first-order chi connectivity index (χ1) is 6.56. The monoisotopic (exact) mass is 198 g/mol. The van der Waals surface area contributed by atoms with Crippen LogP contribution < -0.4 is 5.32 Å². The highest BCUT2D eigenvalue weighted by molar-refractivity contribution is 6.05. The summed E-state index contributed by atoms with van der Waals surface area (Å²) in [6, 6.07) is -0.287. The van der Waals surface area contributed by atoms with Gasteiger partial charge < -0.3 is 5.32 Å². The maximum absolute atomic E-state index is 11.6. The molecule has 4 heteroatoms. The molecule has 0 aromatic heterocycles. The summed E-state index contributed by atoms with van der Waals surface area (Å²) in [6.07, 6.45) is 0.319. The lowest BCUT2D eigenvalue weighted by Gasteiger charge is -2.14. The standard InChI is InChI=1S/C10H18N2O2/c1-4-12-9(13)5-8(10(12)14)11-6-7(2)3/h7-8,11H,4-6H2,1-3H3. The average Bonchev–Trinajstić information content (AvgIpc) is 2.38. The normalized spacial score (nSPS) is 22.6. The van der Waals surface area contributed by atoms with Gasteiger partial charge in [0.1, 0.15) is 0 Å². The van der Waals surface area contributed by atoms with Crippen molar-refractivity contribution in [3.05, 3.63) is 0 Å². The van der Waals surface area contributed by atoms with Gasteiger partial charge in [0, 0.05) is 6.54 Å². The molecule has 0 spiro atoms. The van der Waals surface area contributed by atoms with Crippen LogP contribution in [-0.4, -0.2) is 35.8 Å². The van der Waals surface area contributed by atoms with Gasteiger partial charge in [0.15, 0.2) is 0 Å². The number of hydrogen-bond acceptors (Lipinski definition) is 3. The summed E-state index contributed by atoms with van der Waals surface area (Å²) in [5.74, 6) is 0.366. The second kappa shape index (κ2) is 4.55. The number of amides is 2. The van der Waals surface area contributed by atoms with Gasteiger partial charge in [-0.2, -0.15) is 0 Å². The first-order valence-electron chi connectivity index (χ1n) is 5.13. The first-order valence-corrected chi connectivity index (χ1v) is 5.13. The van der Waals surface area contributed by atoms with E-state index in [9.17, 15) is 9.59 Å². The van der Waals surface area contributed by atoms with E-state index in [4.69, 9.17) is 0 Å². The third-order valence-corrected chi connectivity index (χ3v) is 2.33. The minimum absolute atomic E-state index is 0.0567. The van der Waals surface area contributed by atoms with Crippen LogP contribution in [0.3, 0.4) is 0 Å². The maximum atomic E-state index is 11.6. The lowest BCUT2D eigenvalue weighted by Crippen LogP contribution is -2.40. The van der Waals surface area contributed by atoms with E-state index >= 15 is 0 Å². The largest absolute Gasteiger partial charge is 0.305 e. The van der Waals surface area contributed by atoms with Crippen molar-refractivity contribution in [2.75, 3.05) is 13.1 Å². The fourth-order valence-electron chi connectivity index (χ4n) is 1.55. The zero-order valence-corrected chi connectivity index (χ0v) is 9.04. The van der Waals surface area contributed by atoms with Gasteiger partial charge in [-0.1, -0.05) is 13.8 Å². The third-order valence-electron chi connectivity index (χ3n) is 2.33. The Labute approximate surface area is 84.7 Å². The summed E-state index contributed by atoms with van der Waals surface area (Å²) < 4.78 is 0. The molecule has 1 aliphatic heterocycles. The van der Waals surface area contributed by atoms with Crippen LogP contribution in [0.1, 0.15) is 27.2 Å². The van der Waals surface area contributed by atoms with E-state index in [1.54, 1.807) is 0 Å². The van der Waals surface area contributed by atoms with Gasteiger partial charge in [-0.25, -0.2) is 0 Å². The Bertz CT molecular complexity index is 238. The van der Waals surface area contributed by atoms with Crippen LogP contribution in [0, 0.1) is 5.92 Å². The van der Waals surface area contributed by atoms with E-state index in [0.717, 1.165) is 6.54 Å². The quantitative estimate of drug-likeness (QED) is 0.664. The minimum Gasteiger partial charge on any atom is -0.305 e. The van der Waals surface area contributed by atoms with Crippen LogP contribution in [0.15, 0.2) is 0 Å². The molecule has 0 radical (unpaired) electrons. The molecule has 1 atom stereocenters. The molecule has 0 aliphatic carbocycles. The Kier molecular flexibility index (Phi) is 3.63. The summed E-state index contributed by atoms with van der Waals surface area (Å²) in [5, 5.41) is 3.11. The number of rotatable bonds is 4. The van der Waals surface area contributed by atoms with Crippen molar-refractivity contribution >= 4 is 11.8 Å². The van der Waals surface area contributed by atoms with Crippen LogP contribution >= 0.6 is 0 Å². The molecule has 14 heavy (non-hydrogen) atoms. The van der Waals surface area contributed by atoms with E-state index < -0.39 is 0 Å². The summed E-state index contributed by atoms with van der Waals surface area (Å²) in [5.41, 5.74) is 0. The predicted octanol–water partition coefficient (Wildman–Crippen LogP) is 0.379. The molecule has 0 saturated carbocycles. The molecule has 0 aromatic carbocycles. The summed E-state index contributed by atoms with van der Waals surface area (Å²) in [7, 11) is 0. The molecule has 1 unspecified atom stereocenters. The van der Waals surface area contributed by atoms with Crippen molar-refractivity contribution in [1.82, 2.24) is 10.2 Å². The molecular weight excluding hydrogens is 180 g/mol. The van der Waals surface area contributed by atoms with Crippen molar-refractivity contribution in [1.29, 1.82) is 0 Å². The van der Waals surface area contributed by atoms with Crippen LogP contribution in [-0.2, 0) is 9.59 Å². The van der Waals surface area contributed by atoms with Crippen LogP contribution in [0.2, 0.25) is 0 Å². The molecule has 2 amide bonds. The number of nitrogens with one attached hydrogen (secondary N) is 1. The number of nitrogens with zero attached hydrogens (tertiary/aromatic N) is 1. The number of imide groups is 1. The van der Waals surface area contributed by atoms with Crippen molar-refractivity contribution < 1.29 is 9.59 Å². The number of likely N-dealkylation sites (N-methyl/N-ethyl adjacent to an activating group) is 1. The van der Waals surface area contributed by atoms with Crippen LogP contribution in [0.25, 0.3) is 0 Å². The van der Waals surface area contributed by atoms with Gasteiger partial charge >= 0.3 is 0 Å². The van der Waals surface area contributed by atoms with Crippen LogP contribution in [0.4, 0.5) is 0 Å². The average molecular weight is 198 g/mol. The highest BCUT2D eigenvalue weighted by Gasteiger charge is 2.36. The fourth-order valence-corrected chi connectivity index (χ4v) is 1.55. The molecule has 80 valence electrons. The zero-order valence-electron chi connectivity index (χ0n) is 9.04. The Balaban J connectivity index is 2.49. The van der Waals surface area contributed by atoms with E-state index in [1.807, 2.05) is 6.92 Å². The molecule has 1 fully saturated rings. The highest BCUT2D eigenvalue weighted by Crippen LogP contribution is 2.12. The van der Waals surface area contributed by atoms with E-state index in [2.05, 4.69) is 19.2 Å². The molecule has 1 heterocycles. The molecule has 4 nitrogen and oxygen atoms in total. The first kappa shape index (κ1) is 11.2. The van der Waals surface area contributed by atoms with Gasteiger partial charge in [0.2, 0.25) is 11.8 Å². The van der Waals surface area contributed by atoms with E-state index in [-0.39, 0.29) is 17.9 Å². The van der Waals surface area contributed by atoms with Crippen molar-refractivity contribution in [2.24, 2.45) is 5.92 Å². The Hall–Kier alpha value is -0.900. The lowest BCUT2D eigenvalue weighted by atomic mass is 10.2.